The van der Waals surface area contributed by atoms with Crippen molar-refractivity contribution in [1.82, 2.24) is 15.5 Å². The van der Waals surface area contributed by atoms with Gasteiger partial charge in [0.2, 0.25) is 0 Å². The molecule has 0 aliphatic carbocycles. The number of nitrogens with one attached hydrogen (secondary N) is 1. The molecule has 0 spiro atoms. The van der Waals surface area contributed by atoms with E-state index in [-0.39, 0.29) is 5.88 Å². The van der Waals surface area contributed by atoms with Gasteiger partial charge in [-0.25, -0.2) is 0 Å². The third-order valence-electron chi connectivity index (χ3n) is 2.11. The van der Waals surface area contributed by atoms with Crippen molar-refractivity contribution in [3.8, 4) is 10.8 Å². The van der Waals surface area contributed by atoms with E-state index in [4.69, 9.17) is 4.42 Å². The van der Waals surface area contributed by atoms with Gasteiger partial charge in [0.1, 0.15) is 9.93 Å². The molecular formula is C10H12N4O3S. The van der Waals surface area contributed by atoms with E-state index < -0.39 is 4.92 Å². The second-order valence-electron chi connectivity index (χ2n) is 3.93. The molecule has 1 N–H and O–H groups in total. The van der Waals surface area contributed by atoms with Crippen LogP contribution in [0.15, 0.2) is 16.5 Å². The van der Waals surface area contributed by atoms with Crippen molar-refractivity contribution in [3.63, 3.8) is 0 Å². The van der Waals surface area contributed by atoms with Crippen LogP contribution in [0.25, 0.3) is 10.8 Å². The lowest BCUT2D eigenvalue weighted by atomic mass is 10.4. The number of nitrogens with zero attached hydrogens (tertiary/aromatic N) is 3. The van der Waals surface area contributed by atoms with Gasteiger partial charge in [-0.05, 0) is 6.07 Å². The van der Waals surface area contributed by atoms with E-state index in [0.29, 0.717) is 23.4 Å². The van der Waals surface area contributed by atoms with E-state index >= 15 is 0 Å². The molecule has 0 unspecified atom stereocenters. The number of hydrogen-bond donors (Lipinski definition) is 1. The fourth-order valence-corrected chi connectivity index (χ4v) is 2.01. The Labute approximate surface area is 107 Å². The van der Waals surface area contributed by atoms with E-state index in [0.717, 1.165) is 5.01 Å². The van der Waals surface area contributed by atoms with Crippen molar-refractivity contribution in [2.45, 2.75) is 26.4 Å². The maximum Gasteiger partial charge on any atom is 0.433 e. The highest BCUT2D eigenvalue weighted by Crippen LogP contribution is 2.28. The minimum Gasteiger partial charge on any atom is -0.398 e. The van der Waals surface area contributed by atoms with E-state index in [1.807, 2.05) is 13.8 Å². The van der Waals surface area contributed by atoms with Crippen molar-refractivity contribution in [2.24, 2.45) is 0 Å². The van der Waals surface area contributed by atoms with Gasteiger partial charge in [-0.3, -0.25) is 10.1 Å². The molecule has 0 saturated carbocycles. The zero-order chi connectivity index (χ0) is 13.1. The Kier molecular flexibility index (Phi) is 3.68. The first-order valence-electron chi connectivity index (χ1n) is 5.36. The SMILES string of the molecule is CC(C)NCc1nnc(-c2ccc([N+](=O)[O-])o2)s1. The fourth-order valence-electron chi connectivity index (χ4n) is 1.26. The number of rotatable bonds is 5. The summed E-state index contributed by atoms with van der Waals surface area (Å²) in [6.07, 6.45) is 0. The summed E-state index contributed by atoms with van der Waals surface area (Å²) in [4.78, 5) is 9.92. The van der Waals surface area contributed by atoms with Gasteiger partial charge in [0.25, 0.3) is 0 Å². The fraction of sp³-hybridized carbons (Fsp3) is 0.400. The van der Waals surface area contributed by atoms with Crippen molar-refractivity contribution >= 4 is 17.2 Å². The summed E-state index contributed by atoms with van der Waals surface area (Å²) in [6.45, 7) is 4.70. The van der Waals surface area contributed by atoms with Gasteiger partial charge in [-0.15, -0.1) is 10.2 Å². The lowest BCUT2D eigenvalue weighted by Crippen LogP contribution is -2.21. The number of nitro groups is 1. The molecule has 2 aromatic heterocycles. The molecule has 0 amide bonds. The Bertz CT molecular complexity index is 549. The molecule has 8 heteroatoms. The third-order valence-corrected chi connectivity index (χ3v) is 3.05. The Hall–Kier alpha value is -1.80. The topological polar surface area (TPSA) is 94.1 Å². The number of hydrogen-bond acceptors (Lipinski definition) is 7. The van der Waals surface area contributed by atoms with Crippen molar-refractivity contribution in [1.29, 1.82) is 0 Å². The number of aromatic nitrogens is 2. The second kappa shape index (κ2) is 5.23. The van der Waals surface area contributed by atoms with Crippen LogP contribution in [-0.2, 0) is 6.54 Å². The van der Waals surface area contributed by atoms with E-state index in [9.17, 15) is 10.1 Å². The Morgan fingerprint density at radius 1 is 1.50 bits per heavy atom. The summed E-state index contributed by atoms with van der Waals surface area (Å²) in [7, 11) is 0. The van der Waals surface area contributed by atoms with Crippen LogP contribution in [0.1, 0.15) is 18.9 Å². The van der Waals surface area contributed by atoms with Gasteiger partial charge in [0, 0.05) is 12.6 Å². The predicted octanol–water partition coefficient (Wildman–Crippen LogP) is 2.20. The Balaban J connectivity index is 2.11. The van der Waals surface area contributed by atoms with Gasteiger partial charge < -0.3 is 9.73 Å². The highest BCUT2D eigenvalue weighted by Gasteiger charge is 2.16. The normalized spacial score (nSPS) is 11.1. The standard InChI is InChI=1S/C10H12N4O3S/c1-6(2)11-5-8-12-13-10(18-8)7-3-4-9(17-7)14(15)16/h3-4,6,11H,5H2,1-2H3. The predicted molar refractivity (Wildman–Crippen MR) is 66.2 cm³/mol. The van der Waals surface area contributed by atoms with Crippen LogP contribution in [-0.4, -0.2) is 21.2 Å². The molecule has 0 aliphatic heterocycles. The lowest BCUT2D eigenvalue weighted by molar-refractivity contribution is -0.401. The highest BCUT2D eigenvalue weighted by atomic mass is 32.1. The van der Waals surface area contributed by atoms with Crippen LogP contribution in [0.3, 0.4) is 0 Å². The molecular weight excluding hydrogens is 256 g/mol. The third kappa shape index (κ3) is 2.90. The molecule has 2 aromatic rings. The molecule has 0 bridgehead atoms. The van der Waals surface area contributed by atoms with Crippen LogP contribution < -0.4 is 5.32 Å². The van der Waals surface area contributed by atoms with Crippen LogP contribution in [0.2, 0.25) is 0 Å². The van der Waals surface area contributed by atoms with Crippen LogP contribution >= 0.6 is 11.3 Å². The zero-order valence-corrected chi connectivity index (χ0v) is 10.7. The minimum atomic E-state index is -0.578. The lowest BCUT2D eigenvalue weighted by Gasteiger charge is -2.03. The molecule has 0 saturated heterocycles. The molecule has 7 nitrogen and oxygen atoms in total. The van der Waals surface area contributed by atoms with E-state index in [1.54, 1.807) is 0 Å². The molecule has 18 heavy (non-hydrogen) atoms. The number of furan rings is 1. The van der Waals surface area contributed by atoms with Crippen molar-refractivity contribution in [3.05, 3.63) is 27.3 Å². The summed E-state index contributed by atoms with van der Waals surface area (Å²) in [6, 6.07) is 3.20. The molecule has 96 valence electrons. The molecule has 0 aliphatic rings. The van der Waals surface area contributed by atoms with Gasteiger partial charge in [0.05, 0.1) is 6.07 Å². The Morgan fingerprint density at radius 2 is 2.28 bits per heavy atom. The average Bonchev–Trinajstić information content (AvgIpc) is 2.95. The van der Waals surface area contributed by atoms with E-state index in [1.165, 1.54) is 23.5 Å². The summed E-state index contributed by atoms with van der Waals surface area (Å²) in [5.41, 5.74) is 0. The minimum absolute atomic E-state index is 0.290. The maximum absolute atomic E-state index is 10.5. The van der Waals surface area contributed by atoms with Gasteiger partial charge in [-0.2, -0.15) is 0 Å². The van der Waals surface area contributed by atoms with Crippen molar-refractivity contribution in [2.75, 3.05) is 0 Å². The largest absolute Gasteiger partial charge is 0.433 e. The van der Waals surface area contributed by atoms with Gasteiger partial charge in [-0.1, -0.05) is 25.2 Å². The zero-order valence-electron chi connectivity index (χ0n) is 9.91. The first-order chi connectivity index (χ1) is 8.56. The van der Waals surface area contributed by atoms with E-state index in [2.05, 4.69) is 15.5 Å². The molecule has 0 aromatic carbocycles. The first kappa shape index (κ1) is 12.7. The monoisotopic (exact) mass is 268 g/mol. The highest BCUT2D eigenvalue weighted by molar-refractivity contribution is 7.14. The van der Waals surface area contributed by atoms with Crippen LogP contribution in [0, 0.1) is 10.1 Å². The molecule has 2 rings (SSSR count). The molecule has 0 fully saturated rings. The van der Waals surface area contributed by atoms with Gasteiger partial charge >= 0.3 is 5.88 Å². The average molecular weight is 268 g/mol. The summed E-state index contributed by atoms with van der Waals surface area (Å²) < 4.78 is 5.06. The smallest absolute Gasteiger partial charge is 0.398 e. The molecule has 2 heterocycles. The van der Waals surface area contributed by atoms with Crippen molar-refractivity contribution < 1.29 is 9.34 Å². The van der Waals surface area contributed by atoms with Gasteiger partial charge in [0.15, 0.2) is 10.8 Å². The van der Waals surface area contributed by atoms with Crippen LogP contribution in [0.4, 0.5) is 5.88 Å². The quantitative estimate of drug-likeness (QED) is 0.660. The molecule has 0 radical (unpaired) electrons. The maximum atomic E-state index is 10.5. The summed E-state index contributed by atoms with van der Waals surface area (Å²) in [5.74, 6) is 0.0806. The Morgan fingerprint density at radius 3 is 2.89 bits per heavy atom. The first-order valence-corrected chi connectivity index (χ1v) is 6.18. The van der Waals surface area contributed by atoms with Crippen LogP contribution in [0.5, 0.6) is 0 Å². The molecule has 0 atom stereocenters. The summed E-state index contributed by atoms with van der Waals surface area (Å²) >= 11 is 1.35. The summed E-state index contributed by atoms with van der Waals surface area (Å²) in [5, 5.41) is 23.0. The second-order valence-corrected chi connectivity index (χ2v) is 4.99.